The first-order chi connectivity index (χ1) is 18.5. The van der Waals surface area contributed by atoms with Crippen molar-refractivity contribution in [1.29, 1.82) is 0 Å². The highest BCUT2D eigenvalue weighted by atomic mass is 19.1. The van der Waals surface area contributed by atoms with E-state index in [0.717, 1.165) is 34.0 Å². The first-order valence-corrected chi connectivity index (χ1v) is 12.8. The highest BCUT2D eigenvalue weighted by Crippen LogP contribution is 2.38. The van der Waals surface area contributed by atoms with Gasteiger partial charge in [-0.1, -0.05) is 37.3 Å². The van der Waals surface area contributed by atoms with Crippen LogP contribution in [0.4, 0.5) is 9.18 Å². The Balaban J connectivity index is 1.62. The number of benzene rings is 2. The largest absolute Gasteiger partial charge is 0.466 e. The smallest absolute Gasteiger partial charge is 0.318 e. The second-order valence-electron chi connectivity index (χ2n) is 9.02. The number of esters is 1. The van der Waals surface area contributed by atoms with Crippen LogP contribution in [0.2, 0.25) is 0 Å². The molecule has 4 aromatic rings. The Morgan fingerprint density at radius 3 is 2.53 bits per heavy atom. The van der Waals surface area contributed by atoms with E-state index in [2.05, 4.69) is 9.88 Å². The van der Waals surface area contributed by atoms with Crippen molar-refractivity contribution < 1.29 is 18.7 Å². The van der Waals surface area contributed by atoms with E-state index < -0.39 is 6.04 Å². The van der Waals surface area contributed by atoms with E-state index in [-0.39, 0.29) is 43.9 Å². The van der Waals surface area contributed by atoms with Gasteiger partial charge in [0, 0.05) is 18.3 Å². The number of hydrogen-bond donors (Lipinski definition) is 1. The number of carbonyl (C=O) groups is 2. The van der Waals surface area contributed by atoms with Crippen LogP contribution in [0, 0.1) is 5.82 Å². The third kappa shape index (κ3) is 4.79. The molecule has 0 saturated heterocycles. The maximum atomic E-state index is 13.9. The fraction of sp³-hybridized carbons (Fsp3) is 0.276. The van der Waals surface area contributed by atoms with E-state index in [1.165, 1.54) is 12.1 Å². The zero-order valence-corrected chi connectivity index (χ0v) is 21.4. The minimum Gasteiger partial charge on any atom is -0.466 e. The summed E-state index contributed by atoms with van der Waals surface area (Å²) >= 11 is 0. The Morgan fingerprint density at radius 1 is 1.05 bits per heavy atom. The number of rotatable bonds is 7. The van der Waals surface area contributed by atoms with Crippen LogP contribution in [-0.2, 0) is 22.5 Å². The van der Waals surface area contributed by atoms with Crippen molar-refractivity contribution in [2.24, 2.45) is 0 Å². The van der Waals surface area contributed by atoms with E-state index in [1.54, 1.807) is 24.0 Å². The number of aryl methyl sites for hydroxylation is 1. The quantitative estimate of drug-likeness (QED) is 0.354. The Kier molecular flexibility index (Phi) is 7.26. The first-order valence-electron chi connectivity index (χ1n) is 12.8. The highest BCUT2D eigenvalue weighted by molar-refractivity contribution is 5.77. The number of hydrogen-bond acceptors (Lipinski definition) is 4. The van der Waals surface area contributed by atoms with Crippen LogP contribution in [0.25, 0.3) is 11.5 Å². The molecule has 5 rings (SSSR count). The van der Waals surface area contributed by atoms with Gasteiger partial charge < -0.3 is 19.5 Å². The molecule has 196 valence electrons. The number of carbonyl (C=O) groups excluding carboxylic acids is 2. The molecule has 1 atom stereocenters. The second-order valence-corrected chi connectivity index (χ2v) is 9.02. The molecule has 2 aromatic heterocycles. The van der Waals surface area contributed by atoms with E-state index in [4.69, 9.17) is 9.84 Å². The molecule has 38 heavy (non-hydrogen) atoms. The van der Waals surface area contributed by atoms with Gasteiger partial charge in [0.1, 0.15) is 11.6 Å². The van der Waals surface area contributed by atoms with Gasteiger partial charge in [-0.2, -0.15) is 5.10 Å². The lowest BCUT2D eigenvalue weighted by atomic mass is 10.0. The van der Waals surface area contributed by atoms with Gasteiger partial charge >= 0.3 is 12.0 Å². The van der Waals surface area contributed by atoms with Crippen molar-refractivity contribution in [2.75, 3.05) is 13.2 Å². The molecule has 0 fully saturated rings. The molecule has 0 aliphatic carbocycles. The van der Waals surface area contributed by atoms with Crippen LogP contribution in [0.5, 0.6) is 0 Å². The van der Waals surface area contributed by atoms with Gasteiger partial charge in [0.25, 0.3) is 0 Å². The van der Waals surface area contributed by atoms with Crippen molar-refractivity contribution in [3.63, 3.8) is 0 Å². The van der Waals surface area contributed by atoms with Crippen molar-refractivity contribution in [2.45, 2.75) is 39.3 Å². The molecule has 2 aromatic carbocycles. The number of ether oxygens (including phenoxy) is 1. The molecule has 8 nitrogen and oxygen atoms in total. The number of para-hydroxylation sites is 1. The Bertz CT molecular complexity index is 1430. The summed E-state index contributed by atoms with van der Waals surface area (Å²) in [5.74, 6) is 0.147. The molecular weight excluding hydrogens is 485 g/mol. The van der Waals surface area contributed by atoms with Crippen LogP contribution in [0.1, 0.15) is 48.8 Å². The zero-order chi connectivity index (χ0) is 26.6. The number of nitrogens with one attached hydrogen (secondary N) is 1. The van der Waals surface area contributed by atoms with Crippen molar-refractivity contribution in [3.8, 4) is 11.5 Å². The average molecular weight is 516 g/mol. The Morgan fingerprint density at radius 2 is 1.82 bits per heavy atom. The van der Waals surface area contributed by atoms with Gasteiger partial charge in [0.05, 0.1) is 42.7 Å². The number of nitrogens with zero attached hydrogens (tertiary/aromatic N) is 4. The van der Waals surface area contributed by atoms with Crippen LogP contribution in [0.15, 0.2) is 72.9 Å². The molecular formula is C29H30FN5O3. The minimum absolute atomic E-state index is 0.0718. The molecule has 0 saturated carbocycles. The Labute approximate surface area is 220 Å². The summed E-state index contributed by atoms with van der Waals surface area (Å²) in [6.45, 7) is 4.49. The monoisotopic (exact) mass is 515 g/mol. The number of amides is 2. The molecule has 0 radical (unpaired) electrons. The number of halogens is 1. The van der Waals surface area contributed by atoms with Gasteiger partial charge in [-0.3, -0.25) is 4.79 Å². The lowest BCUT2D eigenvalue weighted by Crippen LogP contribution is -2.42. The fourth-order valence-corrected chi connectivity index (χ4v) is 4.95. The van der Waals surface area contributed by atoms with Gasteiger partial charge in [0.15, 0.2) is 0 Å². The normalized spacial score (nSPS) is 14.4. The van der Waals surface area contributed by atoms with Crippen LogP contribution in [0.3, 0.4) is 0 Å². The first kappa shape index (κ1) is 25.3. The third-order valence-electron chi connectivity index (χ3n) is 6.66. The van der Waals surface area contributed by atoms with Gasteiger partial charge in [-0.15, -0.1) is 0 Å². The fourth-order valence-electron chi connectivity index (χ4n) is 4.95. The van der Waals surface area contributed by atoms with Crippen LogP contribution >= 0.6 is 0 Å². The molecule has 9 heteroatoms. The number of aromatic nitrogens is 3. The van der Waals surface area contributed by atoms with Crippen LogP contribution in [-0.4, -0.2) is 44.4 Å². The second kappa shape index (κ2) is 10.9. The summed E-state index contributed by atoms with van der Waals surface area (Å²) in [6.07, 6.45) is 2.72. The molecule has 1 N–H and O–H groups in total. The lowest BCUT2D eigenvalue weighted by molar-refractivity contribution is -0.142. The summed E-state index contributed by atoms with van der Waals surface area (Å²) in [5.41, 5.74) is 4.34. The topological polar surface area (TPSA) is 81.4 Å². The van der Waals surface area contributed by atoms with Gasteiger partial charge in [-0.25, -0.2) is 13.9 Å². The summed E-state index contributed by atoms with van der Waals surface area (Å²) in [5, 5.41) is 7.82. The summed E-state index contributed by atoms with van der Waals surface area (Å²) in [7, 11) is 0. The van der Waals surface area contributed by atoms with E-state index in [9.17, 15) is 14.0 Å². The molecule has 0 spiro atoms. The SMILES string of the molecule is CCOC(=O)CCNC(=O)N1Cc2c(CC)nn(-c3ccccc3)c2-n2cccc2[C@@H]1c1ccc(F)cc1. The predicted molar refractivity (Wildman–Crippen MR) is 141 cm³/mol. The summed E-state index contributed by atoms with van der Waals surface area (Å²) < 4.78 is 22.9. The van der Waals surface area contributed by atoms with Gasteiger partial charge in [0.2, 0.25) is 0 Å². The third-order valence-corrected chi connectivity index (χ3v) is 6.66. The van der Waals surface area contributed by atoms with E-state index in [0.29, 0.717) is 6.42 Å². The maximum Gasteiger partial charge on any atom is 0.318 e. The van der Waals surface area contributed by atoms with E-state index >= 15 is 0 Å². The van der Waals surface area contributed by atoms with Crippen molar-refractivity contribution in [1.82, 2.24) is 24.6 Å². The lowest BCUT2D eigenvalue weighted by Gasteiger charge is -2.31. The zero-order valence-electron chi connectivity index (χ0n) is 21.4. The molecule has 1 aliphatic heterocycles. The summed E-state index contributed by atoms with van der Waals surface area (Å²) in [4.78, 5) is 27.3. The summed E-state index contributed by atoms with van der Waals surface area (Å²) in [6, 6.07) is 19.2. The Hall–Kier alpha value is -4.40. The molecule has 3 heterocycles. The number of urea groups is 1. The van der Waals surface area contributed by atoms with Crippen molar-refractivity contribution >= 4 is 12.0 Å². The van der Waals surface area contributed by atoms with Crippen molar-refractivity contribution in [3.05, 3.63) is 101 Å². The standard InChI is InChI=1S/C29H30FN5O3/c1-3-24-23-19-34(29(37)31-17-16-26(36)38-4-2)27(20-12-14-21(30)15-13-20)25-11-8-18-33(25)28(23)35(32-24)22-9-6-5-7-10-22/h5-15,18,27H,3-4,16-17,19H2,1-2H3,(H,31,37)/t27-/m0/s1. The highest BCUT2D eigenvalue weighted by Gasteiger charge is 2.36. The molecule has 1 aliphatic rings. The van der Waals surface area contributed by atoms with E-state index in [1.807, 2.05) is 60.3 Å². The van der Waals surface area contributed by atoms with Crippen LogP contribution < -0.4 is 5.32 Å². The predicted octanol–water partition coefficient (Wildman–Crippen LogP) is 4.93. The van der Waals surface area contributed by atoms with Gasteiger partial charge in [-0.05, 0) is 55.3 Å². The molecule has 0 bridgehead atoms. The molecule has 0 unspecified atom stereocenters. The molecule has 2 amide bonds. The minimum atomic E-state index is -0.505. The number of fused-ring (bicyclic) bond motifs is 3. The maximum absolute atomic E-state index is 13.9. The average Bonchev–Trinajstić information content (AvgIpc) is 3.51.